The second-order valence-corrected chi connectivity index (χ2v) is 2.43. The molecule has 0 bridgehead atoms. The molecule has 0 aromatic carbocycles. The van der Waals surface area contributed by atoms with E-state index in [0.29, 0.717) is 13.0 Å². The molecule has 0 aromatic heterocycles. The van der Waals surface area contributed by atoms with Crippen molar-refractivity contribution in [3.05, 3.63) is 0 Å². The maximum absolute atomic E-state index is 9.02. The van der Waals surface area contributed by atoms with Crippen molar-refractivity contribution in [2.24, 2.45) is 0 Å². The zero-order valence-corrected chi connectivity index (χ0v) is 7.27. The first-order valence-corrected chi connectivity index (χ1v) is 3.10. The predicted molar refractivity (Wildman–Crippen MR) is 43.5 cm³/mol. The summed E-state index contributed by atoms with van der Waals surface area (Å²) in [5.74, 6) is 0. The van der Waals surface area contributed by atoms with E-state index >= 15 is 0 Å². The molecule has 0 saturated heterocycles. The van der Waals surface area contributed by atoms with E-state index in [9.17, 15) is 0 Å². The number of halogens is 1. The van der Waals surface area contributed by atoms with E-state index < -0.39 is 0 Å². The molecule has 10 heavy (non-hydrogen) atoms. The van der Waals surface area contributed by atoms with Gasteiger partial charge in [-0.25, -0.2) is 0 Å². The summed E-state index contributed by atoms with van der Waals surface area (Å²) in [6, 6.07) is 0. The molecule has 64 valence electrons. The molecular formula is C6H16ClNO2. The number of likely N-dealkylation sites (N-methyl/N-ethyl adjacent to an activating group) is 1. The van der Waals surface area contributed by atoms with E-state index in [4.69, 9.17) is 10.2 Å². The molecule has 3 nitrogen and oxygen atoms in total. The van der Waals surface area contributed by atoms with Crippen LogP contribution in [-0.4, -0.2) is 48.5 Å². The highest BCUT2D eigenvalue weighted by Crippen LogP contribution is 1.90. The fraction of sp³-hybridized carbons (Fsp3) is 1.00. The average molecular weight is 170 g/mol. The molecule has 4 heteroatoms. The quantitative estimate of drug-likeness (QED) is 0.608. The molecule has 2 N–H and O–H groups in total. The van der Waals surface area contributed by atoms with Gasteiger partial charge in [-0.3, -0.25) is 0 Å². The second kappa shape index (κ2) is 7.28. The van der Waals surface area contributed by atoms with Crippen molar-refractivity contribution in [2.75, 3.05) is 27.2 Å². The average Bonchev–Trinajstić information content (AvgIpc) is 1.63. The Hall–Kier alpha value is 0.170. The normalized spacial score (nSPS) is 12.9. The number of nitrogens with zero attached hydrogens (tertiary/aromatic N) is 1. The van der Waals surface area contributed by atoms with Gasteiger partial charge < -0.3 is 15.1 Å². The third kappa shape index (κ3) is 8.17. The third-order valence-corrected chi connectivity index (χ3v) is 1.04. The van der Waals surface area contributed by atoms with E-state index in [1.54, 1.807) is 0 Å². The smallest absolute Gasteiger partial charge is 0.0688 e. The first-order valence-electron chi connectivity index (χ1n) is 3.10. The Morgan fingerprint density at radius 1 is 1.40 bits per heavy atom. The summed E-state index contributed by atoms with van der Waals surface area (Å²) in [7, 11) is 3.78. The van der Waals surface area contributed by atoms with Crippen LogP contribution < -0.4 is 0 Å². The second-order valence-electron chi connectivity index (χ2n) is 2.43. The van der Waals surface area contributed by atoms with Crippen molar-refractivity contribution in [1.29, 1.82) is 0 Å². The summed E-state index contributed by atoms with van der Waals surface area (Å²) in [5, 5.41) is 17.4. The SMILES string of the molecule is CN(C)CC(O)CCO.Cl. The minimum atomic E-state index is -0.384. The Balaban J connectivity index is 0. The van der Waals surface area contributed by atoms with Crippen molar-refractivity contribution in [3.63, 3.8) is 0 Å². The van der Waals surface area contributed by atoms with Gasteiger partial charge in [0.1, 0.15) is 0 Å². The molecule has 0 aliphatic rings. The lowest BCUT2D eigenvalue weighted by molar-refractivity contribution is 0.105. The molecule has 0 fully saturated rings. The molecule has 0 saturated carbocycles. The van der Waals surface area contributed by atoms with E-state index in [0.717, 1.165) is 0 Å². The largest absolute Gasteiger partial charge is 0.396 e. The predicted octanol–water partition coefficient (Wildman–Crippen LogP) is -0.287. The molecule has 0 spiro atoms. The fourth-order valence-corrected chi connectivity index (χ4v) is 0.662. The van der Waals surface area contributed by atoms with Crippen LogP contribution in [0.25, 0.3) is 0 Å². The summed E-state index contributed by atoms with van der Waals surface area (Å²) in [4.78, 5) is 1.89. The lowest BCUT2D eigenvalue weighted by Gasteiger charge is -2.13. The molecule has 1 atom stereocenters. The van der Waals surface area contributed by atoms with Crippen LogP contribution in [0.3, 0.4) is 0 Å². The van der Waals surface area contributed by atoms with Gasteiger partial charge in [0.15, 0.2) is 0 Å². The highest BCUT2D eigenvalue weighted by Gasteiger charge is 2.02. The highest BCUT2D eigenvalue weighted by molar-refractivity contribution is 5.85. The molecule has 0 amide bonds. The summed E-state index contributed by atoms with van der Waals surface area (Å²) >= 11 is 0. The fourth-order valence-electron chi connectivity index (χ4n) is 0.662. The summed E-state index contributed by atoms with van der Waals surface area (Å²) < 4.78 is 0. The van der Waals surface area contributed by atoms with E-state index in [2.05, 4.69) is 0 Å². The summed E-state index contributed by atoms with van der Waals surface area (Å²) in [6.07, 6.45) is 0.0862. The Kier molecular flexibility index (Phi) is 9.33. The zero-order valence-electron chi connectivity index (χ0n) is 6.45. The topological polar surface area (TPSA) is 43.7 Å². The number of hydrogen-bond donors (Lipinski definition) is 2. The number of aliphatic hydroxyl groups excluding tert-OH is 2. The van der Waals surface area contributed by atoms with Gasteiger partial charge in [0.25, 0.3) is 0 Å². The first kappa shape index (κ1) is 12.8. The minimum Gasteiger partial charge on any atom is -0.396 e. The van der Waals surface area contributed by atoms with Crippen LogP contribution in [0.4, 0.5) is 0 Å². The van der Waals surface area contributed by atoms with E-state index in [1.807, 2.05) is 19.0 Å². The van der Waals surface area contributed by atoms with E-state index in [1.165, 1.54) is 0 Å². The summed E-state index contributed by atoms with van der Waals surface area (Å²) in [5.41, 5.74) is 0. The van der Waals surface area contributed by atoms with Crippen LogP contribution in [0.1, 0.15) is 6.42 Å². The van der Waals surface area contributed by atoms with Gasteiger partial charge in [0.05, 0.1) is 6.10 Å². The van der Waals surface area contributed by atoms with Gasteiger partial charge in [-0.1, -0.05) is 0 Å². The van der Waals surface area contributed by atoms with Gasteiger partial charge in [0, 0.05) is 13.2 Å². The number of aliphatic hydroxyl groups is 2. The zero-order chi connectivity index (χ0) is 7.28. The molecule has 0 aromatic rings. The van der Waals surface area contributed by atoms with E-state index in [-0.39, 0.29) is 25.1 Å². The molecule has 0 aliphatic carbocycles. The van der Waals surface area contributed by atoms with Gasteiger partial charge in [-0.05, 0) is 20.5 Å². The van der Waals surface area contributed by atoms with Crippen LogP contribution in [0.15, 0.2) is 0 Å². The lowest BCUT2D eigenvalue weighted by Crippen LogP contribution is -2.26. The Morgan fingerprint density at radius 2 is 1.90 bits per heavy atom. The van der Waals surface area contributed by atoms with Crippen LogP contribution in [0.2, 0.25) is 0 Å². The van der Waals surface area contributed by atoms with Crippen molar-refractivity contribution in [2.45, 2.75) is 12.5 Å². The molecule has 0 aliphatic heterocycles. The Bertz CT molecular complexity index is 70.8. The van der Waals surface area contributed by atoms with Gasteiger partial charge >= 0.3 is 0 Å². The Morgan fingerprint density at radius 3 is 2.20 bits per heavy atom. The number of rotatable bonds is 4. The third-order valence-electron chi connectivity index (χ3n) is 1.04. The van der Waals surface area contributed by atoms with Crippen LogP contribution in [0, 0.1) is 0 Å². The lowest BCUT2D eigenvalue weighted by atomic mass is 10.2. The molecule has 1 unspecified atom stereocenters. The van der Waals surface area contributed by atoms with Gasteiger partial charge in [-0.2, -0.15) is 0 Å². The maximum atomic E-state index is 9.02. The highest BCUT2D eigenvalue weighted by atomic mass is 35.5. The first-order chi connectivity index (χ1) is 4.16. The van der Waals surface area contributed by atoms with Gasteiger partial charge in [0.2, 0.25) is 0 Å². The number of hydrogen-bond acceptors (Lipinski definition) is 3. The molecular weight excluding hydrogens is 154 g/mol. The van der Waals surface area contributed by atoms with Crippen molar-refractivity contribution >= 4 is 12.4 Å². The van der Waals surface area contributed by atoms with Crippen molar-refractivity contribution in [3.8, 4) is 0 Å². The van der Waals surface area contributed by atoms with Crippen LogP contribution >= 0.6 is 12.4 Å². The van der Waals surface area contributed by atoms with Crippen molar-refractivity contribution < 1.29 is 10.2 Å². The molecule has 0 radical (unpaired) electrons. The van der Waals surface area contributed by atoms with Crippen molar-refractivity contribution in [1.82, 2.24) is 4.90 Å². The maximum Gasteiger partial charge on any atom is 0.0688 e. The minimum absolute atomic E-state index is 0. The van der Waals surface area contributed by atoms with Crippen LogP contribution in [-0.2, 0) is 0 Å². The molecule has 0 rings (SSSR count). The molecule has 0 heterocycles. The monoisotopic (exact) mass is 169 g/mol. The summed E-state index contributed by atoms with van der Waals surface area (Å²) in [6.45, 7) is 0.690. The van der Waals surface area contributed by atoms with Gasteiger partial charge in [-0.15, -0.1) is 12.4 Å². The Labute approximate surface area is 68.1 Å². The standard InChI is InChI=1S/C6H15NO2.ClH/c1-7(2)5-6(9)3-4-8;/h6,8-9H,3-5H2,1-2H3;1H. The van der Waals surface area contributed by atoms with Crippen LogP contribution in [0.5, 0.6) is 0 Å².